The van der Waals surface area contributed by atoms with E-state index in [4.69, 9.17) is 0 Å². The zero-order valence-electron chi connectivity index (χ0n) is 12.9. The summed E-state index contributed by atoms with van der Waals surface area (Å²) in [4.78, 5) is 9.07. The highest BCUT2D eigenvalue weighted by Crippen LogP contribution is 2.28. The fourth-order valence-corrected chi connectivity index (χ4v) is 2.95. The van der Waals surface area contributed by atoms with E-state index in [1.807, 2.05) is 13.1 Å². The van der Waals surface area contributed by atoms with E-state index in [1.165, 1.54) is 11.1 Å². The predicted octanol–water partition coefficient (Wildman–Crippen LogP) is 4.59. The van der Waals surface area contributed by atoms with Gasteiger partial charge < -0.3 is 10.6 Å². The van der Waals surface area contributed by atoms with Crippen LogP contribution in [-0.4, -0.2) is 17.0 Å². The molecular formula is C16H21BrN4. The van der Waals surface area contributed by atoms with Gasteiger partial charge in [-0.3, -0.25) is 0 Å². The van der Waals surface area contributed by atoms with E-state index in [9.17, 15) is 0 Å². The molecule has 0 aliphatic heterocycles. The van der Waals surface area contributed by atoms with Crippen LogP contribution in [0.2, 0.25) is 0 Å². The van der Waals surface area contributed by atoms with E-state index >= 15 is 0 Å². The number of halogens is 1. The van der Waals surface area contributed by atoms with Gasteiger partial charge in [-0.1, -0.05) is 22.9 Å². The first-order valence-corrected chi connectivity index (χ1v) is 7.92. The Morgan fingerprint density at radius 3 is 2.24 bits per heavy atom. The third kappa shape index (κ3) is 3.94. The molecule has 5 heteroatoms. The van der Waals surface area contributed by atoms with Crippen molar-refractivity contribution < 1.29 is 0 Å². The third-order valence-corrected chi connectivity index (χ3v) is 3.71. The third-order valence-electron chi connectivity index (χ3n) is 3.25. The summed E-state index contributed by atoms with van der Waals surface area (Å²) >= 11 is 3.52. The summed E-state index contributed by atoms with van der Waals surface area (Å²) in [6, 6.07) is 6.13. The molecule has 0 spiro atoms. The van der Waals surface area contributed by atoms with E-state index in [2.05, 4.69) is 69.4 Å². The molecule has 21 heavy (non-hydrogen) atoms. The Hall–Kier alpha value is -1.62. The number of rotatable bonds is 5. The van der Waals surface area contributed by atoms with Gasteiger partial charge in [0.25, 0.3) is 0 Å². The van der Waals surface area contributed by atoms with Gasteiger partial charge in [0, 0.05) is 29.7 Å². The lowest BCUT2D eigenvalue weighted by atomic mass is 10.1. The second-order valence-electron chi connectivity index (χ2n) is 5.09. The molecule has 1 heterocycles. The zero-order valence-corrected chi connectivity index (χ0v) is 14.5. The van der Waals surface area contributed by atoms with Gasteiger partial charge in [-0.05, 0) is 43.5 Å². The Morgan fingerprint density at radius 2 is 1.67 bits per heavy atom. The molecule has 112 valence electrons. The summed E-state index contributed by atoms with van der Waals surface area (Å²) in [5, 5.41) is 6.52. The van der Waals surface area contributed by atoms with Crippen LogP contribution in [0.1, 0.15) is 30.3 Å². The average molecular weight is 349 g/mol. The van der Waals surface area contributed by atoms with Gasteiger partial charge in [0.2, 0.25) is 0 Å². The first-order chi connectivity index (χ1) is 10.0. The van der Waals surface area contributed by atoms with Gasteiger partial charge in [0.05, 0.1) is 0 Å². The lowest BCUT2D eigenvalue weighted by Crippen LogP contribution is -2.05. The summed E-state index contributed by atoms with van der Waals surface area (Å²) in [5.41, 5.74) is 3.47. The Labute approximate surface area is 134 Å². The van der Waals surface area contributed by atoms with E-state index in [0.29, 0.717) is 0 Å². The number of aromatic nitrogens is 2. The molecule has 0 unspecified atom stereocenters. The van der Waals surface area contributed by atoms with Gasteiger partial charge in [0.15, 0.2) is 0 Å². The molecule has 0 radical (unpaired) electrons. The highest BCUT2D eigenvalue weighted by Gasteiger charge is 2.08. The second kappa shape index (κ2) is 6.89. The maximum atomic E-state index is 4.60. The highest BCUT2D eigenvalue weighted by molar-refractivity contribution is 9.10. The summed E-state index contributed by atoms with van der Waals surface area (Å²) in [6.45, 7) is 6.31. The molecule has 0 saturated heterocycles. The number of nitrogens with one attached hydrogen (secondary N) is 2. The summed E-state index contributed by atoms with van der Waals surface area (Å²) < 4.78 is 1.09. The van der Waals surface area contributed by atoms with E-state index in [1.54, 1.807) is 0 Å². The fraction of sp³-hybridized carbons (Fsp3) is 0.375. The molecule has 1 aromatic carbocycles. The van der Waals surface area contributed by atoms with Crippen LogP contribution in [0.5, 0.6) is 0 Å². The van der Waals surface area contributed by atoms with Crippen LogP contribution in [0.15, 0.2) is 22.7 Å². The first kappa shape index (κ1) is 15.8. The lowest BCUT2D eigenvalue weighted by Gasteiger charge is -2.14. The van der Waals surface area contributed by atoms with Crippen LogP contribution >= 0.6 is 15.9 Å². The van der Waals surface area contributed by atoms with E-state index in [0.717, 1.165) is 40.5 Å². The van der Waals surface area contributed by atoms with Crippen molar-refractivity contribution in [3.8, 4) is 0 Å². The minimum atomic E-state index is 0.825. The van der Waals surface area contributed by atoms with Gasteiger partial charge in [-0.2, -0.15) is 0 Å². The smallest absolute Gasteiger partial charge is 0.136 e. The topological polar surface area (TPSA) is 49.8 Å². The number of hydrogen-bond donors (Lipinski definition) is 2. The fourth-order valence-electron chi connectivity index (χ4n) is 2.26. The van der Waals surface area contributed by atoms with Crippen LogP contribution in [0.3, 0.4) is 0 Å². The predicted molar refractivity (Wildman–Crippen MR) is 92.5 cm³/mol. The Bertz CT molecular complexity index is 617. The maximum absolute atomic E-state index is 4.60. The maximum Gasteiger partial charge on any atom is 0.136 e. The Balaban J connectivity index is 2.37. The highest BCUT2D eigenvalue weighted by atomic mass is 79.9. The van der Waals surface area contributed by atoms with Crippen LogP contribution < -0.4 is 10.6 Å². The molecule has 1 aromatic heterocycles. The minimum absolute atomic E-state index is 0.825. The van der Waals surface area contributed by atoms with Crippen LogP contribution in [0.25, 0.3) is 0 Å². The van der Waals surface area contributed by atoms with Gasteiger partial charge in [-0.25, -0.2) is 9.97 Å². The number of benzene rings is 1. The molecule has 2 N–H and O–H groups in total. The number of anilines is 3. The Kier molecular flexibility index (Phi) is 5.17. The standard InChI is InChI=1S/C16H21BrN4/c1-5-6-13-19-14(18-4)9-15(20-13)21-16-10(2)7-12(17)8-11(16)3/h7-9H,5-6H2,1-4H3,(H2,18,19,20,21). The molecule has 4 nitrogen and oxygen atoms in total. The number of hydrogen-bond acceptors (Lipinski definition) is 4. The molecule has 0 fully saturated rings. The summed E-state index contributed by atoms with van der Waals surface area (Å²) in [5.74, 6) is 2.52. The van der Waals surface area contributed by atoms with Crippen molar-refractivity contribution in [2.45, 2.75) is 33.6 Å². The summed E-state index contributed by atoms with van der Waals surface area (Å²) in [7, 11) is 1.87. The molecule has 2 aromatic rings. The molecule has 0 amide bonds. The first-order valence-electron chi connectivity index (χ1n) is 7.13. The summed E-state index contributed by atoms with van der Waals surface area (Å²) in [6.07, 6.45) is 1.91. The van der Waals surface area contributed by atoms with Crippen molar-refractivity contribution >= 4 is 33.3 Å². The van der Waals surface area contributed by atoms with Crippen molar-refractivity contribution in [1.82, 2.24) is 9.97 Å². The SMILES string of the molecule is CCCc1nc(NC)cc(Nc2c(C)cc(Br)cc2C)n1. The van der Waals surface area contributed by atoms with Crippen LogP contribution in [0.4, 0.5) is 17.3 Å². The molecular weight excluding hydrogens is 328 g/mol. The normalized spacial score (nSPS) is 10.5. The lowest BCUT2D eigenvalue weighted by molar-refractivity contribution is 0.838. The van der Waals surface area contributed by atoms with Crippen molar-refractivity contribution in [1.29, 1.82) is 0 Å². The van der Waals surface area contributed by atoms with Crippen molar-refractivity contribution in [2.24, 2.45) is 0 Å². The largest absolute Gasteiger partial charge is 0.373 e. The Morgan fingerprint density at radius 1 is 1.05 bits per heavy atom. The second-order valence-corrected chi connectivity index (χ2v) is 6.01. The van der Waals surface area contributed by atoms with E-state index in [-0.39, 0.29) is 0 Å². The number of nitrogens with zero attached hydrogens (tertiary/aromatic N) is 2. The average Bonchev–Trinajstić information content (AvgIpc) is 2.43. The quantitative estimate of drug-likeness (QED) is 0.829. The van der Waals surface area contributed by atoms with Gasteiger partial charge in [-0.15, -0.1) is 0 Å². The van der Waals surface area contributed by atoms with E-state index < -0.39 is 0 Å². The molecule has 0 saturated carbocycles. The molecule has 0 atom stereocenters. The van der Waals surface area contributed by atoms with Gasteiger partial charge >= 0.3 is 0 Å². The van der Waals surface area contributed by atoms with Crippen molar-refractivity contribution in [2.75, 3.05) is 17.7 Å². The van der Waals surface area contributed by atoms with Crippen molar-refractivity contribution in [3.05, 3.63) is 39.6 Å². The minimum Gasteiger partial charge on any atom is -0.373 e. The molecule has 0 aliphatic carbocycles. The molecule has 2 rings (SSSR count). The zero-order chi connectivity index (χ0) is 15.4. The molecule has 0 aliphatic rings. The molecule has 0 bridgehead atoms. The van der Waals surface area contributed by atoms with Crippen LogP contribution in [-0.2, 0) is 6.42 Å². The van der Waals surface area contributed by atoms with Crippen molar-refractivity contribution in [3.63, 3.8) is 0 Å². The van der Waals surface area contributed by atoms with Crippen LogP contribution in [0, 0.1) is 13.8 Å². The monoisotopic (exact) mass is 348 g/mol. The number of aryl methyl sites for hydroxylation is 3. The van der Waals surface area contributed by atoms with Gasteiger partial charge in [0.1, 0.15) is 17.5 Å².